The van der Waals surface area contributed by atoms with Gasteiger partial charge in [-0.2, -0.15) is 13.2 Å². The van der Waals surface area contributed by atoms with E-state index in [0.29, 0.717) is 11.9 Å². The highest BCUT2D eigenvalue weighted by Gasteiger charge is 2.27. The van der Waals surface area contributed by atoms with Crippen molar-refractivity contribution in [3.63, 3.8) is 0 Å². The van der Waals surface area contributed by atoms with E-state index in [1.165, 1.54) is 0 Å². The fourth-order valence-electron chi connectivity index (χ4n) is 1.82. The fourth-order valence-corrected chi connectivity index (χ4v) is 2.20. The second-order valence-corrected chi connectivity index (χ2v) is 4.96. The van der Waals surface area contributed by atoms with Crippen LogP contribution in [-0.4, -0.2) is 48.1 Å². The lowest BCUT2D eigenvalue weighted by Crippen LogP contribution is -2.41. The molecule has 0 fully saturated rings. The molecule has 0 N–H and O–H groups in total. The van der Waals surface area contributed by atoms with Gasteiger partial charge in [0.25, 0.3) is 0 Å². The van der Waals surface area contributed by atoms with Crippen molar-refractivity contribution >= 4 is 21.8 Å². The molecule has 0 saturated heterocycles. The van der Waals surface area contributed by atoms with Crippen LogP contribution in [-0.2, 0) is 9.53 Å². The number of hydrogen-bond donors (Lipinski definition) is 0. The van der Waals surface area contributed by atoms with Crippen molar-refractivity contribution in [3.8, 4) is 0 Å². The lowest BCUT2D eigenvalue weighted by molar-refractivity contribution is -0.175. The molecule has 0 rings (SSSR count). The van der Waals surface area contributed by atoms with Gasteiger partial charge < -0.3 is 9.64 Å². The molecule has 1 amide bonds. The summed E-state index contributed by atoms with van der Waals surface area (Å²) in [5.41, 5.74) is 0. The zero-order valence-corrected chi connectivity index (χ0v) is 12.9. The summed E-state index contributed by atoms with van der Waals surface area (Å²) in [5, 5.41) is 0.651. The largest absolute Gasteiger partial charge is 0.411 e. The Labute approximate surface area is 120 Å². The molecule has 7 heteroatoms. The van der Waals surface area contributed by atoms with Crippen LogP contribution in [0.1, 0.15) is 33.1 Å². The van der Waals surface area contributed by atoms with Crippen molar-refractivity contribution in [1.82, 2.24) is 4.90 Å². The van der Waals surface area contributed by atoms with Crippen LogP contribution in [0.3, 0.4) is 0 Å². The van der Waals surface area contributed by atoms with E-state index in [4.69, 9.17) is 0 Å². The minimum absolute atomic E-state index is 0.0143. The summed E-state index contributed by atoms with van der Waals surface area (Å²) in [6, 6.07) is 0.132. The Bertz CT molecular complexity index is 258. The van der Waals surface area contributed by atoms with Gasteiger partial charge in [-0.1, -0.05) is 29.8 Å². The van der Waals surface area contributed by atoms with Gasteiger partial charge in [-0.05, 0) is 12.8 Å². The number of carbonyl (C=O) groups is 1. The molecule has 0 spiro atoms. The van der Waals surface area contributed by atoms with Crippen LogP contribution in [0.25, 0.3) is 0 Å². The van der Waals surface area contributed by atoms with Crippen molar-refractivity contribution in [3.05, 3.63) is 0 Å². The van der Waals surface area contributed by atoms with Crippen LogP contribution in [0.4, 0.5) is 13.2 Å². The Hall–Kier alpha value is -0.300. The molecule has 19 heavy (non-hydrogen) atoms. The molecule has 0 radical (unpaired) electrons. The van der Waals surface area contributed by atoms with Crippen molar-refractivity contribution in [1.29, 1.82) is 0 Å². The number of halogens is 4. The second-order valence-electron chi connectivity index (χ2n) is 4.16. The molecule has 0 aliphatic carbocycles. The third-order valence-corrected chi connectivity index (χ3v) is 3.11. The Morgan fingerprint density at radius 3 is 2.32 bits per heavy atom. The van der Waals surface area contributed by atoms with Gasteiger partial charge >= 0.3 is 6.18 Å². The van der Waals surface area contributed by atoms with Gasteiger partial charge in [-0.3, -0.25) is 4.79 Å². The summed E-state index contributed by atoms with van der Waals surface area (Å²) in [6.45, 7) is 3.04. The number of hydrogen-bond acceptors (Lipinski definition) is 2. The van der Waals surface area contributed by atoms with E-state index in [0.717, 1.165) is 12.8 Å². The van der Waals surface area contributed by atoms with Gasteiger partial charge in [0.15, 0.2) is 0 Å². The first-order chi connectivity index (χ1) is 8.85. The first-order valence-electron chi connectivity index (χ1n) is 6.35. The quantitative estimate of drug-likeness (QED) is 0.472. The normalized spacial score (nSPS) is 11.9. The van der Waals surface area contributed by atoms with E-state index in [2.05, 4.69) is 20.7 Å². The van der Waals surface area contributed by atoms with E-state index in [1.807, 2.05) is 13.8 Å². The van der Waals surface area contributed by atoms with Crippen LogP contribution in [0.2, 0.25) is 0 Å². The topological polar surface area (TPSA) is 29.5 Å². The third-order valence-electron chi connectivity index (χ3n) is 2.76. The highest BCUT2D eigenvalue weighted by atomic mass is 79.9. The molecule has 3 nitrogen and oxygen atoms in total. The molecule has 0 aliphatic rings. The van der Waals surface area contributed by atoms with E-state index in [1.54, 1.807) is 4.90 Å². The number of nitrogens with zero attached hydrogens (tertiary/aromatic N) is 1. The first-order valence-corrected chi connectivity index (χ1v) is 7.47. The van der Waals surface area contributed by atoms with Crippen molar-refractivity contribution in [2.75, 3.05) is 25.1 Å². The maximum atomic E-state index is 12.0. The number of ether oxygens (including phenoxy) is 1. The van der Waals surface area contributed by atoms with Crippen LogP contribution >= 0.6 is 15.9 Å². The monoisotopic (exact) mass is 347 g/mol. The van der Waals surface area contributed by atoms with E-state index in [9.17, 15) is 18.0 Å². The Balaban J connectivity index is 4.18. The molecule has 0 aromatic rings. The zero-order chi connectivity index (χ0) is 14.9. The standard InChI is InChI=1S/C12H21BrF3NO2/c1-3-10(4-2)17(7-6-13)11(18)5-8-19-9-12(14,15)16/h10H,3-9H2,1-2H3. The predicted octanol–water partition coefficient (Wildman–Crippen LogP) is 3.37. The van der Waals surface area contributed by atoms with Gasteiger partial charge in [0.1, 0.15) is 6.61 Å². The first kappa shape index (κ1) is 18.7. The number of alkyl halides is 4. The molecule has 0 atom stereocenters. The van der Waals surface area contributed by atoms with Gasteiger partial charge in [0, 0.05) is 17.9 Å². The number of amides is 1. The predicted molar refractivity (Wildman–Crippen MR) is 71.4 cm³/mol. The van der Waals surface area contributed by atoms with Crippen molar-refractivity contribution in [2.45, 2.75) is 45.3 Å². The number of carbonyl (C=O) groups excluding carboxylic acids is 1. The van der Waals surface area contributed by atoms with Crippen molar-refractivity contribution < 1.29 is 22.7 Å². The fraction of sp³-hybridized carbons (Fsp3) is 0.917. The molecule has 0 heterocycles. The molecule has 0 unspecified atom stereocenters. The summed E-state index contributed by atoms with van der Waals surface area (Å²) in [6.07, 6.45) is -2.69. The summed E-state index contributed by atoms with van der Waals surface area (Å²) < 4.78 is 40.1. The lowest BCUT2D eigenvalue weighted by atomic mass is 10.1. The molecule has 0 aliphatic heterocycles. The molecular weight excluding hydrogens is 327 g/mol. The van der Waals surface area contributed by atoms with Crippen LogP contribution in [0, 0.1) is 0 Å². The Kier molecular flexibility index (Phi) is 9.43. The van der Waals surface area contributed by atoms with E-state index >= 15 is 0 Å². The lowest BCUT2D eigenvalue weighted by Gasteiger charge is -2.30. The van der Waals surface area contributed by atoms with Crippen LogP contribution < -0.4 is 0 Å². The van der Waals surface area contributed by atoms with Gasteiger partial charge in [0.2, 0.25) is 5.91 Å². The van der Waals surface area contributed by atoms with Crippen molar-refractivity contribution in [2.24, 2.45) is 0 Å². The van der Waals surface area contributed by atoms with Gasteiger partial charge in [-0.15, -0.1) is 0 Å². The number of rotatable bonds is 9. The zero-order valence-electron chi connectivity index (χ0n) is 11.3. The van der Waals surface area contributed by atoms with Crippen LogP contribution in [0.5, 0.6) is 0 Å². The van der Waals surface area contributed by atoms with E-state index in [-0.39, 0.29) is 25.0 Å². The maximum absolute atomic E-state index is 12.0. The highest BCUT2D eigenvalue weighted by molar-refractivity contribution is 9.09. The summed E-state index contributed by atoms with van der Waals surface area (Å²) in [7, 11) is 0. The Morgan fingerprint density at radius 1 is 1.32 bits per heavy atom. The average molecular weight is 348 g/mol. The minimum Gasteiger partial charge on any atom is -0.372 e. The van der Waals surface area contributed by atoms with Gasteiger partial charge in [-0.25, -0.2) is 0 Å². The third kappa shape index (κ3) is 8.47. The molecule has 114 valence electrons. The Morgan fingerprint density at radius 2 is 1.89 bits per heavy atom. The SMILES string of the molecule is CCC(CC)N(CCBr)C(=O)CCOCC(F)(F)F. The highest BCUT2D eigenvalue weighted by Crippen LogP contribution is 2.15. The molecule has 0 bridgehead atoms. The average Bonchev–Trinajstić information content (AvgIpc) is 2.33. The molecule has 0 saturated carbocycles. The van der Waals surface area contributed by atoms with Crippen LogP contribution in [0.15, 0.2) is 0 Å². The summed E-state index contributed by atoms with van der Waals surface area (Å²) in [5.74, 6) is -0.157. The summed E-state index contributed by atoms with van der Waals surface area (Å²) >= 11 is 3.28. The maximum Gasteiger partial charge on any atom is 0.411 e. The minimum atomic E-state index is -4.34. The molecule has 0 aromatic carbocycles. The summed E-state index contributed by atoms with van der Waals surface area (Å²) in [4.78, 5) is 13.7. The molecule has 0 aromatic heterocycles. The smallest absolute Gasteiger partial charge is 0.372 e. The van der Waals surface area contributed by atoms with Gasteiger partial charge in [0.05, 0.1) is 13.0 Å². The van der Waals surface area contributed by atoms with E-state index < -0.39 is 12.8 Å². The molecular formula is C12H21BrF3NO2. The second kappa shape index (κ2) is 9.58.